The third kappa shape index (κ3) is 1.24. The molecular weight excluding hydrogens is 152 g/mol. The molecule has 0 unspecified atom stereocenters. The van der Waals surface area contributed by atoms with Gasteiger partial charge < -0.3 is 4.90 Å². The molecule has 2 N–H and O–H groups in total. The summed E-state index contributed by atoms with van der Waals surface area (Å²) in [5.41, 5.74) is 1.06. The van der Waals surface area contributed by atoms with Crippen LogP contribution in [0.2, 0.25) is 0 Å². The number of pyridine rings is 1. The highest BCUT2D eigenvalue weighted by molar-refractivity contribution is 5.47. The van der Waals surface area contributed by atoms with Gasteiger partial charge in [0.15, 0.2) is 0 Å². The Kier molecular flexibility index (Phi) is 1.68. The molecule has 0 aliphatic carbocycles. The van der Waals surface area contributed by atoms with Crippen LogP contribution in [0.25, 0.3) is 0 Å². The van der Waals surface area contributed by atoms with Crippen LogP contribution < -0.4 is 10.7 Å². The summed E-state index contributed by atoms with van der Waals surface area (Å²) in [6.45, 7) is 0.686. The molecule has 0 bridgehead atoms. The fourth-order valence-corrected chi connectivity index (χ4v) is 1.13. The highest BCUT2D eigenvalue weighted by Crippen LogP contribution is 2.15. The van der Waals surface area contributed by atoms with Gasteiger partial charge in [0.05, 0.1) is 11.9 Å². The second-order valence-corrected chi connectivity index (χ2v) is 2.63. The first-order valence-corrected chi connectivity index (χ1v) is 3.72. The van der Waals surface area contributed by atoms with Gasteiger partial charge in [-0.25, -0.2) is 5.84 Å². The standard InChI is InChI=1S/C8H10N4/c9-12-5-4-11(7-12)8-2-1-3-10-6-8/h1-6H,7,9H2. The molecule has 1 aromatic heterocycles. The Hall–Kier alpha value is -1.55. The van der Waals surface area contributed by atoms with Gasteiger partial charge in [0.2, 0.25) is 0 Å². The second-order valence-electron chi connectivity index (χ2n) is 2.63. The van der Waals surface area contributed by atoms with Crippen molar-refractivity contribution in [3.8, 4) is 0 Å². The summed E-state index contributed by atoms with van der Waals surface area (Å²) in [7, 11) is 0. The van der Waals surface area contributed by atoms with Crippen LogP contribution in [0.1, 0.15) is 0 Å². The van der Waals surface area contributed by atoms with Crippen LogP contribution in [-0.4, -0.2) is 16.7 Å². The van der Waals surface area contributed by atoms with Crippen LogP contribution in [0, 0.1) is 0 Å². The molecule has 0 radical (unpaired) electrons. The van der Waals surface area contributed by atoms with Crippen molar-refractivity contribution in [2.45, 2.75) is 0 Å². The van der Waals surface area contributed by atoms with Gasteiger partial charge in [-0.05, 0) is 12.1 Å². The number of nitrogens with zero attached hydrogens (tertiary/aromatic N) is 3. The van der Waals surface area contributed by atoms with E-state index in [0.717, 1.165) is 5.69 Å². The minimum absolute atomic E-state index is 0.686. The number of hydrogen-bond donors (Lipinski definition) is 1. The largest absolute Gasteiger partial charge is 0.326 e. The molecule has 0 amide bonds. The minimum atomic E-state index is 0.686. The molecule has 1 aliphatic rings. The molecular formula is C8H10N4. The maximum atomic E-state index is 5.55. The summed E-state index contributed by atoms with van der Waals surface area (Å²) in [4.78, 5) is 6.04. The van der Waals surface area contributed by atoms with Crippen LogP contribution in [0.4, 0.5) is 5.69 Å². The first-order valence-electron chi connectivity index (χ1n) is 3.72. The minimum Gasteiger partial charge on any atom is -0.326 e. The van der Waals surface area contributed by atoms with Crippen molar-refractivity contribution < 1.29 is 0 Å². The Morgan fingerprint density at radius 2 is 2.33 bits per heavy atom. The number of rotatable bonds is 1. The lowest BCUT2D eigenvalue weighted by molar-refractivity contribution is 0.428. The SMILES string of the molecule is NN1C=CN(c2cccnc2)C1. The average Bonchev–Trinajstić information content (AvgIpc) is 2.54. The molecule has 1 aromatic rings. The van der Waals surface area contributed by atoms with Crippen molar-refractivity contribution in [3.05, 3.63) is 36.9 Å². The Labute approximate surface area is 70.9 Å². The van der Waals surface area contributed by atoms with E-state index in [-0.39, 0.29) is 0 Å². The highest BCUT2D eigenvalue weighted by atomic mass is 15.5. The van der Waals surface area contributed by atoms with Gasteiger partial charge in [-0.15, -0.1) is 0 Å². The maximum Gasteiger partial charge on any atom is 0.109 e. The van der Waals surface area contributed by atoms with E-state index in [9.17, 15) is 0 Å². The van der Waals surface area contributed by atoms with Gasteiger partial charge in [-0.1, -0.05) is 0 Å². The summed E-state index contributed by atoms with van der Waals surface area (Å²) in [5, 5.41) is 1.62. The molecule has 1 aliphatic heterocycles. The fourth-order valence-electron chi connectivity index (χ4n) is 1.13. The summed E-state index contributed by atoms with van der Waals surface area (Å²) in [5.74, 6) is 5.55. The topological polar surface area (TPSA) is 45.4 Å². The molecule has 2 rings (SSSR count). The van der Waals surface area contributed by atoms with Gasteiger partial charge in [0, 0.05) is 18.6 Å². The highest BCUT2D eigenvalue weighted by Gasteiger charge is 2.09. The van der Waals surface area contributed by atoms with Gasteiger partial charge >= 0.3 is 0 Å². The number of aromatic nitrogens is 1. The monoisotopic (exact) mass is 162 g/mol. The van der Waals surface area contributed by atoms with Crippen LogP contribution in [-0.2, 0) is 0 Å². The lowest BCUT2D eigenvalue weighted by atomic mass is 10.4. The van der Waals surface area contributed by atoms with Crippen molar-refractivity contribution in [1.29, 1.82) is 0 Å². The van der Waals surface area contributed by atoms with E-state index in [1.54, 1.807) is 11.2 Å². The predicted octanol–water partition coefficient (Wildman–Crippen LogP) is 0.506. The van der Waals surface area contributed by atoms with Gasteiger partial charge in [-0.2, -0.15) is 0 Å². The smallest absolute Gasteiger partial charge is 0.109 e. The molecule has 2 heterocycles. The quantitative estimate of drug-likeness (QED) is 0.611. The van der Waals surface area contributed by atoms with Crippen LogP contribution in [0.5, 0.6) is 0 Å². The van der Waals surface area contributed by atoms with Crippen LogP contribution >= 0.6 is 0 Å². The maximum absolute atomic E-state index is 5.55. The summed E-state index contributed by atoms with van der Waals surface area (Å²) >= 11 is 0. The molecule has 0 saturated carbocycles. The van der Waals surface area contributed by atoms with Crippen molar-refractivity contribution in [2.24, 2.45) is 5.84 Å². The molecule has 0 spiro atoms. The first kappa shape index (κ1) is 7.12. The summed E-state index contributed by atoms with van der Waals surface area (Å²) < 4.78 is 0. The zero-order chi connectivity index (χ0) is 8.39. The van der Waals surface area contributed by atoms with Crippen molar-refractivity contribution >= 4 is 5.69 Å². The van der Waals surface area contributed by atoms with E-state index in [0.29, 0.717) is 6.67 Å². The molecule has 0 aromatic carbocycles. The van der Waals surface area contributed by atoms with Crippen molar-refractivity contribution in [3.63, 3.8) is 0 Å². The zero-order valence-corrected chi connectivity index (χ0v) is 6.59. The number of hydrogen-bond acceptors (Lipinski definition) is 4. The van der Waals surface area contributed by atoms with E-state index in [1.165, 1.54) is 0 Å². The molecule has 12 heavy (non-hydrogen) atoms. The van der Waals surface area contributed by atoms with E-state index < -0.39 is 0 Å². The van der Waals surface area contributed by atoms with E-state index in [1.807, 2.05) is 35.6 Å². The Morgan fingerprint density at radius 3 is 2.92 bits per heavy atom. The summed E-state index contributed by atoms with van der Waals surface area (Å²) in [6.07, 6.45) is 7.32. The number of hydrazine groups is 1. The van der Waals surface area contributed by atoms with Gasteiger partial charge in [-0.3, -0.25) is 9.99 Å². The molecule has 0 fully saturated rings. The molecule has 4 nitrogen and oxygen atoms in total. The normalized spacial score (nSPS) is 15.8. The zero-order valence-electron chi connectivity index (χ0n) is 6.59. The molecule has 4 heteroatoms. The Morgan fingerprint density at radius 1 is 1.42 bits per heavy atom. The van der Waals surface area contributed by atoms with E-state index in [2.05, 4.69) is 4.98 Å². The number of nitrogens with two attached hydrogens (primary N) is 1. The first-order chi connectivity index (χ1) is 5.86. The number of anilines is 1. The second kappa shape index (κ2) is 2.83. The summed E-state index contributed by atoms with van der Waals surface area (Å²) in [6, 6.07) is 3.90. The van der Waals surface area contributed by atoms with Crippen LogP contribution in [0.15, 0.2) is 36.9 Å². The van der Waals surface area contributed by atoms with Crippen LogP contribution in [0.3, 0.4) is 0 Å². The molecule has 62 valence electrons. The predicted molar refractivity (Wildman–Crippen MR) is 46.7 cm³/mol. The van der Waals surface area contributed by atoms with Gasteiger partial charge in [0.25, 0.3) is 0 Å². The molecule has 0 atom stereocenters. The third-order valence-electron chi connectivity index (χ3n) is 1.73. The van der Waals surface area contributed by atoms with Crippen molar-refractivity contribution in [2.75, 3.05) is 11.6 Å². The van der Waals surface area contributed by atoms with E-state index in [4.69, 9.17) is 5.84 Å². The lowest BCUT2D eigenvalue weighted by Gasteiger charge is -2.16. The fraction of sp³-hybridized carbons (Fsp3) is 0.125. The Balaban J connectivity index is 2.18. The average molecular weight is 162 g/mol. The van der Waals surface area contributed by atoms with Gasteiger partial charge in [0.1, 0.15) is 6.67 Å². The lowest BCUT2D eigenvalue weighted by Crippen LogP contribution is -2.29. The molecule has 0 saturated heterocycles. The third-order valence-corrected chi connectivity index (χ3v) is 1.73. The Bertz CT molecular complexity index is 282. The van der Waals surface area contributed by atoms with E-state index >= 15 is 0 Å². The van der Waals surface area contributed by atoms with Crippen molar-refractivity contribution in [1.82, 2.24) is 9.99 Å².